The van der Waals surface area contributed by atoms with Gasteiger partial charge in [-0.05, 0) is 36.6 Å². The predicted molar refractivity (Wildman–Crippen MR) is 76.8 cm³/mol. The smallest absolute Gasteiger partial charge is 0.238 e. The third-order valence-electron chi connectivity index (χ3n) is 2.73. The lowest BCUT2D eigenvalue weighted by Crippen LogP contribution is -2.12. The second-order valence-corrected chi connectivity index (χ2v) is 6.01. The third kappa shape index (κ3) is 4.01. The molecule has 1 heterocycles. The summed E-state index contributed by atoms with van der Waals surface area (Å²) in [5.74, 6) is 0.580. The maximum Gasteiger partial charge on any atom is 0.238 e. The fourth-order valence-corrected chi connectivity index (χ4v) is 2.16. The van der Waals surface area contributed by atoms with Crippen LogP contribution >= 0.6 is 0 Å². The molecule has 0 atom stereocenters. The molecule has 6 nitrogen and oxygen atoms in total. The monoisotopic (exact) mass is 292 g/mol. The molecule has 0 spiro atoms. The zero-order valence-corrected chi connectivity index (χ0v) is 11.9. The fourth-order valence-electron chi connectivity index (χ4n) is 1.65. The number of nitrogens with one attached hydrogen (secondary N) is 1. The molecule has 3 N–H and O–H groups in total. The van der Waals surface area contributed by atoms with Crippen LogP contribution in [0.15, 0.2) is 41.6 Å². The van der Waals surface area contributed by atoms with Gasteiger partial charge in [0.2, 0.25) is 16.0 Å². The topological polar surface area (TPSA) is 98.0 Å². The predicted octanol–water partition coefficient (Wildman–Crippen LogP) is 1.09. The first-order chi connectivity index (χ1) is 9.45. The summed E-state index contributed by atoms with van der Waals surface area (Å²) in [6.07, 6.45) is 4.23. The van der Waals surface area contributed by atoms with Gasteiger partial charge in [-0.25, -0.2) is 23.5 Å². The van der Waals surface area contributed by atoms with Gasteiger partial charge in [-0.2, -0.15) is 0 Å². The van der Waals surface area contributed by atoms with Gasteiger partial charge in [0.1, 0.15) is 0 Å². The molecular weight excluding hydrogens is 276 g/mol. The van der Waals surface area contributed by atoms with Crippen molar-refractivity contribution >= 4 is 16.0 Å². The van der Waals surface area contributed by atoms with Crippen molar-refractivity contribution in [3.05, 3.63) is 47.8 Å². The van der Waals surface area contributed by atoms with Crippen LogP contribution in [0.25, 0.3) is 0 Å². The molecule has 1 aromatic carbocycles. The van der Waals surface area contributed by atoms with Gasteiger partial charge in [0, 0.05) is 18.9 Å². The molecule has 2 aromatic rings. The Morgan fingerprint density at radius 2 is 1.75 bits per heavy atom. The highest BCUT2D eigenvalue weighted by Crippen LogP contribution is 2.09. The summed E-state index contributed by atoms with van der Waals surface area (Å²) in [6, 6.07) is 6.51. The van der Waals surface area contributed by atoms with Gasteiger partial charge in [0.15, 0.2) is 0 Å². The van der Waals surface area contributed by atoms with Gasteiger partial charge >= 0.3 is 0 Å². The van der Waals surface area contributed by atoms with Crippen LogP contribution in [-0.4, -0.2) is 24.9 Å². The number of aryl methyl sites for hydroxylation is 1. The molecule has 0 saturated heterocycles. The SMILES string of the molecule is Cc1cnc(NCCc2ccc(S(N)(=O)=O)cc2)nc1. The summed E-state index contributed by atoms with van der Waals surface area (Å²) in [5.41, 5.74) is 2.02. The van der Waals surface area contributed by atoms with Crippen LogP contribution in [0, 0.1) is 6.92 Å². The van der Waals surface area contributed by atoms with E-state index in [0.717, 1.165) is 17.5 Å². The van der Waals surface area contributed by atoms with Crippen LogP contribution in [0.1, 0.15) is 11.1 Å². The number of rotatable bonds is 5. The molecule has 2 rings (SSSR count). The van der Waals surface area contributed by atoms with E-state index in [4.69, 9.17) is 5.14 Å². The normalized spacial score (nSPS) is 11.3. The first kappa shape index (κ1) is 14.4. The van der Waals surface area contributed by atoms with E-state index in [9.17, 15) is 8.42 Å². The summed E-state index contributed by atoms with van der Waals surface area (Å²) in [6.45, 7) is 2.59. The average Bonchev–Trinajstić information content (AvgIpc) is 2.41. The minimum absolute atomic E-state index is 0.121. The van der Waals surface area contributed by atoms with Gasteiger partial charge in [0.05, 0.1) is 4.90 Å². The number of anilines is 1. The minimum atomic E-state index is -3.62. The van der Waals surface area contributed by atoms with Crippen molar-refractivity contribution in [3.63, 3.8) is 0 Å². The van der Waals surface area contributed by atoms with Crippen LogP contribution in [0.5, 0.6) is 0 Å². The van der Waals surface area contributed by atoms with E-state index in [1.165, 1.54) is 12.1 Å². The molecule has 0 radical (unpaired) electrons. The van der Waals surface area contributed by atoms with E-state index in [2.05, 4.69) is 15.3 Å². The molecule has 0 aliphatic carbocycles. The van der Waals surface area contributed by atoms with E-state index >= 15 is 0 Å². The second kappa shape index (κ2) is 5.98. The maximum absolute atomic E-state index is 11.1. The Bertz CT molecular complexity index is 667. The number of hydrogen-bond donors (Lipinski definition) is 2. The number of aromatic nitrogens is 2. The van der Waals surface area contributed by atoms with Crippen LogP contribution in [0.3, 0.4) is 0 Å². The van der Waals surface area contributed by atoms with Gasteiger partial charge in [0.25, 0.3) is 0 Å². The summed E-state index contributed by atoms with van der Waals surface area (Å²) >= 11 is 0. The lowest BCUT2D eigenvalue weighted by molar-refractivity contribution is 0.598. The number of primary sulfonamides is 1. The minimum Gasteiger partial charge on any atom is -0.354 e. The number of nitrogens with zero attached hydrogens (tertiary/aromatic N) is 2. The van der Waals surface area contributed by atoms with Crippen molar-refractivity contribution in [2.45, 2.75) is 18.2 Å². The molecule has 0 aliphatic heterocycles. The van der Waals surface area contributed by atoms with Crippen molar-refractivity contribution in [2.75, 3.05) is 11.9 Å². The van der Waals surface area contributed by atoms with Crippen LogP contribution < -0.4 is 10.5 Å². The molecule has 0 amide bonds. The number of hydrogen-bond acceptors (Lipinski definition) is 5. The summed E-state index contributed by atoms with van der Waals surface area (Å²) < 4.78 is 22.2. The van der Waals surface area contributed by atoms with E-state index in [-0.39, 0.29) is 4.90 Å². The first-order valence-electron chi connectivity index (χ1n) is 6.09. The summed E-state index contributed by atoms with van der Waals surface area (Å²) in [5, 5.41) is 8.14. The van der Waals surface area contributed by atoms with Crippen LogP contribution in [0.2, 0.25) is 0 Å². The molecule has 0 saturated carbocycles. The third-order valence-corrected chi connectivity index (χ3v) is 3.66. The first-order valence-corrected chi connectivity index (χ1v) is 7.64. The van der Waals surface area contributed by atoms with Gasteiger partial charge in [-0.15, -0.1) is 0 Å². The van der Waals surface area contributed by atoms with E-state index < -0.39 is 10.0 Å². The van der Waals surface area contributed by atoms with Gasteiger partial charge in [-0.3, -0.25) is 0 Å². The Kier molecular flexibility index (Phi) is 4.31. The number of benzene rings is 1. The highest BCUT2D eigenvalue weighted by Gasteiger charge is 2.06. The zero-order valence-electron chi connectivity index (χ0n) is 11.1. The Morgan fingerprint density at radius 1 is 1.15 bits per heavy atom. The Labute approximate surface area is 118 Å². The summed E-state index contributed by atoms with van der Waals surface area (Å²) in [4.78, 5) is 8.40. The summed E-state index contributed by atoms with van der Waals surface area (Å²) in [7, 11) is -3.62. The Balaban J connectivity index is 1.90. The largest absolute Gasteiger partial charge is 0.354 e. The molecule has 1 aromatic heterocycles. The Hall–Kier alpha value is -1.99. The molecule has 0 unspecified atom stereocenters. The lowest BCUT2D eigenvalue weighted by Gasteiger charge is -2.05. The number of sulfonamides is 1. The standard InChI is InChI=1S/C13H16N4O2S/c1-10-8-16-13(17-9-10)15-7-6-11-2-4-12(5-3-11)20(14,18)19/h2-5,8-9H,6-7H2,1H3,(H2,14,18,19)(H,15,16,17). The van der Waals surface area contributed by atoms with E-state index in [1.807, 2.05) is 6.92 Å². The molecule has 0 fully saturated rings. The fraction of sp³-hybridized carbons (Fsp3) is 0.231. The van der Waals surface area contributed by atoms with Crippen molar-refractivity contribution in [3.8, 4) is 0 Å². The van der Waals surface area contributed by atoms with Crippen molar-refractivity contribution < 1.29 is 8.42 Å². The average molecular weight is 292 g/mol. The quantitative estimate of drug-likeness (QED) is 0.859. The lowest BCUT2D eigenvalue weighted by atomic mass is 10.1. The van der Waals surface area contributed by atoms with E-state index in [1.54, 1.807) is 24.5 Å². The zero-order chi connectivity index (χ0) is 14.6. The van der Waals surface area contributed by atoms with Gasteiger partial charge in [-0.1, -0.05) is 12.1 Å². The highest BCUT2D eigenvalue weighted by molar-refractivity contribution is 7.89. The van der Waals surface area contributed by atoms with Crippen LogP contribution in [0.4, 0.5) is 5.95 Å². The van der Waals surface area contributed by atoms with Gasteiger partial charge < -0.3 is 5.32 Å². The number of nitrogens with two attached hydrogens (primary N) is 1. The van der Waals surface area contributed by atoms with Crippen molar-refractivity contribution in [1.82, 2.24) is 9.97 Å². The molecule has 0 bridgehead atoms. The van der Waals surface area contributed by atoms with Crippen LogP contribution in [-0.2, 0) is 16.4 Å². The molecule has 0 aliphatic rings. The van der Waals surface area contributed by atoms with Crippen molar-refractivity contribution in [2.24, 2.45) is 5.14 Å². The Morgan fingerprint density at radius 3 is 2.30 bits per heavy atom. The van der Waals surface area contributed by atoms with E-state index in [0.29, 0.717) is 12.5 Å². The molecular formula is C13H16N4O2S. The molecule has 20 heavy (non-hydrogen) atoms. The maximum atomic E-state index is 11.1. The second-order valence-electron chi connectivity index (χ2n) is 4.45. The molecule has 106 valence electrons. The van der Waals surface area contributed by atoms with Crippen molar-refractivity contribution in [1.29, 1.82) is 0 Å². The molecule has 7 heteroatoms. The highest BCUT2D eigenvalue weighted by atomic mass is 32.2.